The van der Waals surface area contributed by atoms with Crippen LogP contribution in [0.3, 0.4) is 0 Å². The fourth-order valence-corrected chi connectivity index (χ4v) is 2.31. The van der Waals surface area contributed by atoms with Crippen LogP contribution in [0, 0.1) is 0 Å². The molecule has 0 aromatic heterocycles. The lowest BCUT2D eigenvalue weighted by Crippen LogP contribution is -2.27. The van der Waals surface area contributed by atoms with Crippen molar-refractivity contribution in [2.45, 2.75) is 18.6 Å². The molecule has 0 bridgehead atoms. The Kier molecular flexibility index (Phi) is 3.17. The number of hydrogen-bond acceptors (Lipinski definition) is 2. The van der Waals surface area contributed by atoms with Crippen molar-refractivity contribution in [3.8, 4) is 0 Å². The van der Waals surface area contributed by atoms with Gasteiger partial charge in [-0.2, -0.15) is 0 Å². The molecule has 0 aliphatic rings. The Balaban J connectivity index is 2.43. The monoisotopic (exact) mass is 249 g/mol. The average Bonchev–Trinajstić information content (AvgIpc) is 2.28. The van der Waals surface area contributed by atoms with Gasteiger partial charge in [0.15, 0.2) is 0 Å². The Bertz CT molecular complexity index is 629. The summed E-state index contributed by atoms with van der Waals surface area (Å²) in [5.41, 5.74) is 1.02. The third-order valence-corrected chi connectivity index (χ3v) is 4.24. The van der Waals surface area contributed by atoms with Gasteiger partial charge < -0.3 is 0 Å². The third-order valence-electron chi connectivity index (χ3n) is 2.95. The minimum atomic E-state index is -3.47. The topological polar surface area (TPSA) is 60.2 Å². The van der Waals surface area contributed by atoms with E-state index in [0.29, 0.717) is 6.42 Å². The van der Waals surface area contributed by atoms with Crippen molar-refractivity contribution in [2.24, 2.45) is 5.14 Å². The van der Waals surface area contributed by atoms with E-state index in [-0.39, 0.29) is 0 Å². The fourth-order valence-electron chi connectivity index (χ4n) is 1.90. The smallest absolute Gasteiger partial charge is 0.212 e. The Hall–Kier alpha value is -1.39. The summed E-state index contributed by atoms with van der Waals surface area (Å²) in [5.74, 6) is 0. The lowest BCUT2D eigenvalue weighted by atomic mass is 10.0. The van der Waals surface area contributed by atoms with E-state index in [4.69, 9.17) is 5.14 Å². The van der Waals surface area contributed by atoms with Crippen molar-refractivity contribution in [3.05, 3.63) is 48.0 Å². The maximum atomic E-state index is 11.2. The molecule has 90 valence electrons. The predicted octanol–water partition coefficient (Wildman–Crippen LogP) is 2.06. The van der Waals surface area contributed by atoms with Gasteiger partial charge in [0.05, 0.1) is 5.25 Å². The summed E-state index contributed by atoms with van der Waals surface area (Å²) < 4.78 is 22.5. The molecule has 0 amide bonds. The molecule has 0 heterocycles. The largest absolute Gasteiger partial charge is 0.228 e. The molecule has 0 aliphatic heterocycles. The van der Waals surface area contributed by atoms with Crippen LogP contribution in [-0.4, -0.2) is 13.7 Å². The van der Waals surface area contributed by atoms with E-state index in [1.807, 2.05) is 42.5 Å². The Morgan fingerprint density at radius 2 is 1.76 bits per heavy atom. The second-order valence-corrected chi connectivity index (χ2v) is 6.22. The first kappa shape index (κ1) is 12.1. The first-order valence-corrected chi connectivity index (χ1v) is 7.07. The maximum absolute atomic E-state index is 11.2. The highest BCUT2D eigenvalue weighted by Gasteiger charge is 2.16. The Morgan fingerprint density at radius 1 is 1.12 bits per heavy atom. The number of hydrogen-bond donors (Lipinski definition) is 1. The molecule has 2 N–H and O–H groups in total. The zero-order valence-corrected chi connectivity index (χ0v) is 10.4. The maximum Gasteiger partial charge on any atom is 0.212 e. The van der Waals surface area contributed by atoms with Crippen LogP contribution in [0.5, 0.6) is 0 Å². The van der Waals surface area contributed by atoms with Crippen LogP contribution in [0.2, 0.25) is 0 Å². The number of fused-ring (bicyclic) bond motifs is 1. The van der Waals surface area contributed by atoms with Gasteiger partial charge in [-0.3, -0.25) is 0 Å². The second-order valence-electron chi connectivity index (χ2n) is 4.24. The van der Waals surface area contributed by atoms with Crippen LogP contribution < -0.4 is 5.14 Å². The van der Waals surface area contributed by atoms with Crippen LogP contribution in [0.1, 0.15) is 12.5 Å². The first-order chi connectivity index (χ1) is 7.98. The lowest BCUT2D eigenvalue weighted by molar-refractivity contribution is 0.584. The molecule has 0 saturated heterocycles. The summed E-state index contributed by atoms with van der Waals surface area (Å²) >= 11 is 0. The summed E-state index contributed by atoms with van der Waals surface area (Å²) in [6.07, 6.45) is 0.445. The van der Waals surface area contributed by atoms with Gasteiger partial charge in [-0.1, -0.05) is 42.5 Å². The second kappa shape index (κ2) is 4.47. The highest BCUT2D eigenvalue weighted by Crippen LogP contribution is 2.20. The lowest BCUT2D eigenvalue weighted by Gasteiger charge is -2.11. The van der Waals surface area contributed by atoms with Crippen LogP contribution in [0.4, 0.5) is 0 Å². The van der Waals surface area contributed by atoms with Gasteiger partial charge >= 0.3 is 0 Å². The van der Waals surface area contributed by atoms with Gasteiger partial charge in [0, 0.05) is 0 Å². The summed E-state index contributed by atoms with van der Waals surface area (Å²) in [6, 6.07) is 13.8. The Labute approximate surface area is 101 Å². The minimum Gasteiger partial charge on any atom is -0.228 e. The van der Waals surface area contributed by atoms with Crippen molar-refractivity contribution in [1.82, 2.24) is 0 Å². The summed E-state index contributed by atoms with van der Waals surface area (Å²) in [7, 11) is -3.47. The van der Waals surface area contributed by atoms with Gasteiger partial charge in [-0.25, -0.2) is 13.6 Å². The van der Waals surface area contributed by atoms with E-state index in [1.54, 1.807) is 6.92 Å². The number of nitrogens with two attached hydrogens (primary N) is 1. The van der Waals surface area contributed by atoms with Crippen molar-refractivity contribution in [1.29, 1.82) is 0 Å². The van der Waals surface area contributed by atoms with Gasteiger partial charge in [-0.05, 0) is 29.7 Å². The first-order valence-electron chi connectivity index (χ1n) is 5.47. The van der Waals surface area contributed by atoms with Crippen molar-refractivity contribution >= 4 is 20.8 Å². The van der Waals surface area contributed by atoms with Crippen LogP contribution in [-0.2, 0) is 16.4 Å². The van der Waals surface area contributed by atoms with E-state index in [0.717, 1.165) is 16.3 Å². The van der Waals surface area contributed by atoms with Crippen LogP contribution >= 0.6 is 0 Å². The van der Waals surface area contributed by atoms with E-state index in [1.165, 1.54) is 0 Å². The zero-order valence-electron chi connectivity index (χ0n) is 9.63. The standard InChI is InChI=1S/C13H15NO2S/c1-10(17(14,15)16)9-12-7-4-6-11-5-2-3-8-13(11)12/h2-8,10H,9H2,1H3,(H2,14,15,16)/t10-/m1/s1. The molecule has 4 heteroatoms. The highest BCUT2D eigenvalue weighted by atomic mass is 32.2. The molecule has 0 unspecified atom stereocenters. The van der Waals surface area contributed by atoms with Gasteiger partial charge in [0.25, 0.3) is 0 Å². The molecule has 2 rings (SSSR count). The number of benzene rings is 2. The molecule has 2 aromatic carbocycles. The molecule has 17 heavy (non-hydrogen) atoms. The van der Waals surface area contributed by atoms with Crippen molar-refractivity contribution < 1.29 is 8.42 Å². The molecule has 3 nitrogen and oxygen atoms in total. The molecule has 0 spiro atoms. The molecular formula is C13H15NO2S. The molecule has 0 aliphatic carbocycles. The number of sulfonamides is 1. The molecule has 0 radical (unpaired) electrons. The van der Waals surface area contributed by atoms with Gasteiger partial charge in [0.1, 0.15) is 0 Å². The van der Waals surface area contributed by atoms with E-state index in [9.17, 15) is 8.42 Å². The Morgan fingerprint density at radius 3 is 2.47 bits per heavy atom. The molecule has 2 aromatic rings. The fraction of sp³-hybridized carbons (Fsp3) is 0.231. The zero-order chi connectivity index (χ0) is 12.5. The average molecular weight is 249 g/mol. The van der Waals surface area contributed by atoms with E-state index in [2.05, 4.69) is 0 Å². The van der Waals surface area contributed by atoms with Gasteiger partial charge in [-0.15, -0.1) is 0 Å². The predicted molar refractivity (Wildman–Crippen MR) is 70.2 cm³/mol. The third kappa shape index (κ3) is 2.65. The van der Waals surface area contributed by atoms with Crippen LogP contribution in [0.15, 0.2) is 42.5 Å². The summed E-state index contributed by atoms with van der Waals surface area (Å²) in [5, 5.41) is 6.79. The van der Waals surface area contributed by atoms with E-state index < -0.39 is 15.3 Å². The van der Waals surface area contributed by atoms with Crippen molar-refractivity contribution in [2.75, 3.05) is 0 Å². The SMILES string of the molecule is C[C@H](Cc1cccc2ccccc12)S(N)(=O)=O. The van der Waals surface area contributed by atoms with Crippen molar-refractivity contribution in [3.63, 3.8) is 0 Å². The van der Waals surface area contributed by atoms with Gasteiger partial charge in [0.2, 0.25) is 10.0 Å². The molecule has 1 atom stereocenters. The summed E-state index contributed by atoms with van der Waals surface area (Å²) in [4.78, 5) is 0. The molecule has 0 saturated carbocycles. The number of primary sulfonamides is 1. The summed E-state index contributed by atoms with van der Waals surface area (Å²) in [6.45, 7) is 1.64. The molecular weight excluding hydrogens is 234 g/mol. The highest BCUT2D eigenvalue weighted by molar-refractivity contribution is 7.89. The quantitative estimate of drug-likeness (QED) is 0.905. The van der Waals surface area contributed by atoms with Crippen LogP contribution in [0.25, 0.3) is 10.8 Å². The minimum absolute atomic E-state index is 0.445. The number of rotatable bonds is 3. The normalized spacial score (nSPS) is 13.8. The molecule has 0 fully saturated rings. The van der Waals surface area contributed by atoms with E-state index >= 15 is 0 Å².